The van der Waals surface area contributed by atoms with E-state index in [1.54, 1.807) is 11.1 Å². The van der Waals surface area contributed by atoms with Crippen LogP contribution in [0.15, 0.2) is 12.4 Å². The molecule has 6 heteroatoms. The van der Waals surface area contributed by atoms with E-state index in [-0.39, 0.29) is 11.8 Å². The molecule has 0 atom stereocenters. The first-order valence-corrected chi connectivity index (χ1v) is 4.82. The first kappa shape index (κ1) is 9.70. The summed E-state index contributed by atoms with van der Waals surface area (Å²) in [5.74, 6) is -0.0854. The van der Waals surface area contributed by atoms with Gasteiger partial charge in [0.1, 0.15) is 0 Å². The lowest BCUT2D eigenvalue weighted by atomic mass is 10.3. The minimum atomic E-state index is -0.0831. The maximum atomic E-state index is 11.8. The second-order valence-electron chi connectivity index (χ2n) is 3.38. The molecule has 2 heterocycles. The van der Waals surface area contributed by atoms with Crippen molar-refractivity contribution in [3.8, 4) is 0 Å². The highest BCUT2D eigenvalue weighted by molar-refractivity contribution is 5.94. The highest BCUT2D eigenvalue weighted by atomic mass is 16.2. The van der Waals surface area contributed by atoms with Gasteiger partial charge in [-0.05, 0) is 0 Å². The predicted molar refractivity (Wildman–Crippen MR) is 52.1 cm³/mol. The molecule has 0 bridgehead atoms. The minimum Gasteiger partial charge on any atom is -0.354 e. The maximum Gasteiger partial charge on any atom is 0.257 e. The van der Waals surface area contributed by atoms with Crippen LogP contribution >= 0.6 is 0 Å². The highest BCUT2D eigenvalue weighted by Crippen LogP contribution is 2.04. The molecule has 0 radical (unpaired) electrons. The van der Waals surface area contributed by atoms with E-state index in [2.05, 4.69) is 15.5 Å². The molecular weight excluding hydrogens is 196 g/mol. The molecular formula is C9H12N4O2. The van der Waals surface area contributed by atoms with E-state index in [0.717, 1.165) is 0 Å². The van der Waals surface area contributed by atoms with Crippen molar-refractivity contribution in [2.45, 2.75) is 6.42 Å². The van der Waals surface area contributed by atoms with Crippen molar-refractivity contribution < 1.29 is 9.59 Å². The Kier molecular flexibility index (Phi) is 2.66. The second-order valence-corrected chi connectivity index (χ2v) is 3.38. The molecule has 0 aromatic carbocycles. The number of hydrogen-bond donors (Lipinski definition) is 2. The number of aromatic nitrogens is 2. The summed E-state index contributed by atoms with van der Waals surface area (Å²) in [6, 6.07) is 0. The van der Waals surface area contributed by atoms with E-state index >= 15 is 0 Å². The Morgan fingerprint density at radius 3 is 3.07 bits per heavy atom. The van der Waals surface area contributed by atoms with Gasteiger partial charge in [-0.2, -0.15) is 5.10 Å². The fourth-order valence-corrected chi connectivity index (χ4v) is 1.52. The van der Waals surface area contributed by atoms with Crippen LogP contribution in [-0.2, 0) is 4.79 Å². The topological polar surface area (TPSA) is 78.1 Å². The van der Waals surface area contributed by atoms with Crippen molar-refractivity contribution in [2.75, 3.05) is 19.6 Å². The standard InChI is InChI=1S/C9H12N4O2/c14-8-1-3-13(4-2-10-8)9(15)7-5-11-12-6-7/h5-6H,1-4H2,(H,10,14)(H,11,12). The van der Waals surface area contributed by atoms with Crippen molar-refractivity contribution in [3.63, 3.8) is 0 Å². The van der Waals surface area contributed by atoms with Crippen LogP contribution in [0.4, 0.5) is 0 Å². The molecule has 2 rings (SSSR count). The summed E-state index contributed by atoms with van der Waals surface area (Å²) in [4.78, 5) is 24.6. The summed E-state index contributed by atoms with van der Waals surface area (Å²) in [7, 11) is 0. The van der Waals surface area contributed by atoms with E-state index in [0.29, 0.717) is 31.6 Å². The number of hydrogen-bond acceptors (Lipinski definition) is 3. The van der Waals surface area contributed by atoms with Crippen LogP contribution in [0.3, 0.4) is 0 Å². The number of amides is 2. The van der Waals surface area contributed by atoms with Gasteiger partial charge >= 0.3 is 0 Å². The zero-order valence-electron chi connectivity index (χ0n) is 8.19. The smallest absolute Gasteiger partial charge is 0.257 e. The quantitative estimate of drug-likeness (QED) is 0.645. The SMILES string of the molecule is O=C1CCN(C(=O)c2cn[nH]c2)CCN1. The van der Waals surface area contributed by atoms with Gasteiger partial charge < -0.3 is 10.2 Å². The molecule has 2 N–H and O–H groups in total. The molecule has 2 amide bonds. The summed E-state index contributed by atoms with van der Waals surface area (Å²) in [6.07, 6.45) is 3.41. The Bertz CT molecular complexity index is 360. The monoisotopic (exact) mass is 208 g/mol. The molecule has 0 unspecified atom stereocenters. The summed E-state index contributed by atoms with van der Waals surface area (Å²) in [5, 5.41) is 9.03. The number of nitrogens with one attached hydrogen (secondary N) is 2. The molecule has 15 heavy (non-hydrogen) atoms. The fourth-order valence-electron chi connectivity index (χ4n) is 1.52. The van der Waals surface area contributed by atoms with Crippen LogP contribution in [-0.4, -0.2) is 46.5 Å². The zero-order valence-corrected chi connectivity index (χ0v) is 8.19. The normalized spacial score (nSPS) is 17.1. The van der Waals surface area contributed by atoms with E-state index in [1.165, 1.54) is 6.20 Å². The van der Waals surface area contributed by atoms with Gasteiger partial charge in [0, 0.05) is 32.3 Å². The first-order chi connectivity index (χ1) is 7.27. The molecule has 0 spiro atoms. The number of aromatic amines is 1. The average molecular weight is 208 g/mol. The van der Waals surface area contributed by atoms with Crippen LogP contribution in [0.1, 0.15) is 16.8 Å². The van der Waals surface area contributed by atoms with Gasteiger partial charge in [0.05, 0.1) is 11.8 Å². The molecule has 1 aliphatic rings. The lowest BCUT2D eigenvalue weighted by molar-refractivity contribution is -0.120. The van der Waals surface area contributed by atoms with E-state index < -0.39 is 0 Å². The van der Waals surface area contributed by atoms with Crippen LogP contribution in [0.2, 0.25) is 0 Å². The molecule has 1 aliphatic heterocycles. The number of nitrogens with zero attached hydrogens (tertiary/aromatic N) is 2. The first-order valence-electron chi connectivity index (χ1n) is 4.82. The lowest BCUT2D eigenvalue weighted by Gasteiger charge is -2.18. The lowest BCUT2D eigenvalue weighted by Crippen LogP contribution is -2.34. The minimum absolute atomic E-state index is 0.00232. The Morgan fingerprint density at radius 1 is 1.47 bits per heavy atom. The molecule has 1 fully saturated rings. The second kappa shape index (κ2) is 4.12. The van der Waals surface area contributed by atoms with Crippen molar-refractivity contribution in [3.05, 3.63) is 18.0 Å². The van der Waals surface area contributed by atoms with Gasteiger partial charge in [0.15, 0.2) is 0 Å². The molecule has 0 saturated carbocycles. The van der Waals surface area contributed by atoms with Gasteiger partial charge in [0.25, 0.3) is 5.91 Å². The van der Waals surface area contributed by atoms with E-state index in [9.17, 15) is 9.59 Å². The Hall–Kier alpha value is -1.85. The van der Waals surface area contributed by atoms with E-state index in [4.69, 9.17) is 0 Å². The van der Waals surface area contributed by atoms with Gasteiger partial charge in [0.2, 0.25) is 5.91 Å². The zero-order chi connectivity index (χ0) is 10.7. The van der Waals surface area contributed by atoms with Crippen LogP contribution in [0.5, 0.6) is 0 Å². The van der Waals surface area contributed by atoms with Crippen LogP contribution < -0.4 is 5.32 Å². The summed E-state index contributed by atoms with van der Waals surface area (Å²) >= 11 is 0. The summed E-state index contributed by atoms with van der Waals surface area (Å²) in [5.41, 5.74) is 0.532. The largest absolute Gasteiger partial charge is 0.354 e. The van der Waals surface area contributed by atoms with Crippen molar-refractivity contribution in [1.82, 2.24) is 20.4 Å². The maximum absolute atomic E-state index is 11.8. The molecule has 1 aromatic rings. The molecule has 0 aliphatic carbocycles. The van der Waals surface area contributed by atoms with Gasteiger partial charge in [-0.25, -0.2) is 0 Å². The predicted octanol–water partition coefficient (Wildman–Crippen LogP) is -0.628. The number of rotatable bonds is 1. The third-order valence-corrected chi connectivity index (χ3v) is 2.35. The third-order valence-electron chi connectivity index (χ3n) is 2.35. The van der Waals surface area contributed by atoms with Gasteiger partial charge in [-0.15, -0.1) is 0 Å². The van der Waals surface area contributed by atoms with E-state index in [1.807, 2.05) is 0 Å². The number of carbonyl (C=O) groups excluding carboxylic acids is 2. The number of H-pyrrole nitrogens is 1. The number of carbonyl (C=O) groups is 2. The summed E-state index contributed by atoms with van der Waals surface area (Å²) < 4.78 is 0. The van der Waals surface area contributed by atoms with Crippen molar-refractivity contribution >= 4 is 11.8 Å². The highest BCUT2D eigenvalue weighted by Gasteiger charge is 2.19. The van der Waals surface area contributed by atoms with Gasteiger partial charge in [-0.3, -0.25) is 14.7 Å². The molecule has 1 aromatic heterocycles. The average Bonchev–Trinajstić information content (AvgIpc) is 2.67. The fraction of sp³-hybridized carbons (Fsp3) is 0.444. The summed E-state index contributed by atoms with van der Waals surface area (Å²) in [6.45, 7) is 1.54. The Labute approximate surface area is 86.6 Å². The van der Waals surface area contributed by atoms with Crippen LogP contribution in [0, 0.1) is 0 Å². The Balaban J connectivity index is 2.04. The van der Waals surface area contributed by atoms with Crippen molar-refractivity contribution in [2.24, 2.45) is 0 Å². The van der Waals surface area contributed by atoms with Crippen LogP contribution in [0.25, 0.3) is 0 Å². The van der Waals surface area contributed by atoms with Crippen molar-refractivity contribution in [1.29, 1.82) is 0 Å². The third kappa shape index (κ3) is 2.15. The molecule has 1 saturated heterocycles. The molecule has 80 valence electrons. The Morgan fingerprint density at radius 2 is 2.33 bits per heavy atom. The molecule has 6 nitrogen and oxygen atoms in total. The van der Waals surface area contributed by atoms with Gasteiger partial charge in [-0.1, -0.05) is 0 Å².